The number of aryl methyl sites for hydroxylation is 1. The fourth-order valence-electron chi connectivity index (χ4n) is 3.62. The molecular formula is C22H24N2O3. The lowest BCUT2D eigenvalue weighted by Gasteiger charge is -2.12. The van der Waals surface area contributed by atoms with Gasteiger partial charge in [-0.1, -0.05) is 30.3 Å². The minimum Gasteiger partial charge on any atom is -0.489 e. The normalized spacial score (nSPS) is 17.3. The van der Waals surface area contributed by atoms with Gasteiger partial charge in [-0.2, -0.15) is 0 Å². The Kier molecular flexibility index (Phi) is 4.86. The third-order valence-electron chi connectivity index (χ3n) is 5.04. The van der Waals surface area contributed by atoms with Crippen LogP contribution in [0.4, 0.5) is 0 Å². The second-order valence-corrected chi connectivity index (χ2v) is 7.19. The maximum absolute atomic E-state index is 12.9. The number of likely N-dealkylation sites (N-methyl/N-ethyl adjacent to an activating group) is 1. The molecule has 0 radical (unpaired) electrons. The molecule has 1 aliphatic rings. The summed E-state index contributed by atoms with van der Waals surface area (Å²) in [4.78, 5) is 15.1. The van der Waals surface area contributed by atoms with Gasteiger partial charge in [0, 0.05) is 18.0 Å². The van der Waals surface area contributed by atoms with Crippen LogP contribution >= 0.6 is 0 Å². The summed E-state index contributed by atoms with van der Waals surface area (Å²) in [5.41, 5.74) is 2.40. The molecule has 1 aliphatic heterocycles. The summed E-state index contributed by atoms with van der Waals surface area (Å²) >= 11 is 0. The standard InChI is InChI=1S/C22H24N2O3/c1-15-21(22(25)23-17-10-11-24(2)13-17)19-12-18(8-9-20(19)27-15)26-14-16-6-4-3-5-7-16/h3-9,12,17H,10-11,13-14H2,1-2H3,(H,23,25). The summed E-state index contributed by atoms with van der Waals surface area (Å²) in [6, 6.07) is 15.8. The molecule has 27 heavy (non-hydrogen) atoms. The monoisotopic (exact) mass is 364 g/mol. The number of rotatable bonds is 5. The number of hydrogen-bond acceptors (Lipinski definition) is 4. The number of amides is 1. The zero-order valence-corrected chi connectivity index (χ0v) is 15.7. The number of nitrogens with zero attached hydrogens (tertiary/aromatic N) is 1. The molecule has 2 aromatic carbocycles. The second kappa shape index (κ2) is 7.45. The van der Waals surface area contributed by atoms with E-state index in [9.17, 15) is 4.79 Å². The molecule has 0 bridgehead atoms. The number of ether oxygens (including phenoxy) is 1. The van der Waals surface area contributed by atoms with Gasteiger partial charge in [0.15, 0.2) is 0 Å². The largest absolute Gasteiger partial charge is 0.489 e. The number of fused-ring (bicyclic) bond motifs is 1. The highest BCUT2D eigenvalue weighted by Gasteiger charge is 2.25. The van der Waals surface area contributed by atoms with E-state index in [2.05, 4.69) is 17.3 Å². The minimum absolute atomic E-state index is 0.0771. The van der Waals surface area contributed by atoms with Crippen LogP contribution in [-0.2, 0) is 6.61 Å². The van der Waals surface area contributed by atoms with Gasteiger partial charge in [-0.3, -0.25) is 4.79 Å². The van der Waals surface area contributed by atoms with Gasteiger partial charge in [-0.25, -0.2) is 0 Å². The molecule has 5 heteroatoms. The average molecular weight is 364 g/mol. The molecule has 5 nitrogen and oxygen atoms in total. The van der Waals surface area contributed by atoms with Crippen LogP contribution in [0.25, 0.3) is 11.0 Å². The Balaban J connectivity index is 1.55. The summed E-state index contributed by atoms with van der Waals surface area (Å²) in [6.07, 6.45) is 0.975. The zero-order chi connectivity index (χ0) is 18.8. The predicted molar refractivity (Wildman–Crippen MR) is 105 cm³/mol. The Morgan fingerprint density at radius 1 is 1.26 bits per heavy atom. The Morgan fingerprint density at radius 3 is 2.81 bits per heavy atom. The number of likely N-dealkylation sites (tertiary alicyclic amines) is 1. The molecule has 1 atom stereocenters. The smallest absolute Gasteiger partial charge is 0.255 e. The van der Waals surface area contributed by atoms with Crippen molar-refractivity contribution in [3.05, 3.63) is 65.4 Å². The Labute approximate surface area is 158 Å². The van der Waals surface area contributed by atoms with Crippen LogP contribution in [0, 0.1) is 6.92 Å². The van der Waals surface area contributed by atoms with Gasteiger partial charge in [-0.05, 0) is 50.7 Å². The molecule has 1 saturated heterocycles. The summed E-state index contributed by atoms with van der Waals surface area (Å²) in [7, 11) is 2.07. The van der Waals surface area contributed by atoms with Crippen molar-refractivity contribution in [2.75, 3.05) is 20.1 Å². The maximum atomic E-state index is 12.9. The molecule has 1 amide bonds. The molecule has 4 rings (SSSR count). The van der Waals surface area contributed by atoms with Crippen LogP contribution in [0.3, 0.4) is 0 Å². The van der Waals surface area contributed by atoms with E-state index in [4.69, 9.17) is 9.15 Å². The first-order chi connectivity index (χ1) is 13.1. The van der Waals surface area contributed by atoms with Crippen LogP contribution in [0.2, 0.25) is 0 Å². The molecule has 2 heterocycles. The number of nitrogens with one attached hydrogen (secondary N) is 1. The maximum Gasteiger partial charge on any atom is 0.255 e. The minimum atomic E-state index is -0.0771. The lowest BCUT2D eigenvalue weighted by atomic mass is 10.1. The van der Waals surface area contributed by atoms with Crippen molar-refractivity contribution in [2.24, 2.45) is 0 Å². The Morgan fingerprint density at radius 2 is 2.07 bits per heavy atom. The van der Waals surface area contributed by atoms with Gasteiger partial charge in [0.25, 0.3) is 5.91 Å². The van der Waals surface area contributed by atoms with Crippen molar-refractivity contribution < 1.29 is 13.9 Å². The third kappa shape index (κ3) is 3.83. The van der Waals surface area contributed by atoms with E-state index in [1.54, 1.807) is 0 Å². The number of furan rings is 1. The van der Waals surface area contributed by atoms with Crippen LogP contribution < -0.4 is 10.1 Å². The molecule has 1 fully saturated rings. The first-order valence-corrected chi connectivity index (χ1v) is 9.29. The van der Waals surface area contributed by atoms with Crippen molar-refractivity contribution in [3.8, 4) is 5.75 Å². The topological polar surface area (TPSA) is 54.7 Å². The van der Waals surface area contributed by atoms with E-state index in [0.717, 1.165) is 36.2 Å². The highest BCUT2D eigenvalue weighted by Crippen LogP contribution is 2.29. The van der Waals surface area contributed by atoms with E-state index in [0.29, 0.717) is 23.5 Å². The molecule has 0 spiro atoms. The second-order valence-electron chi connectivity index (χ2n) is 7.19. The molecular weight excluding hydrogens is 340 g/mol. The van der Waals surface area contributed by atoms with E-state index in [1.165, 1.54) is 0 Å². The highest BCUT2D eigenvalue weighted by atomic mass is 16.5. The molecule has 1 unspecified atom stereocenters. The SMILES string of the molecule is Cc1oc2ccc(OCc3ccccc3)cc2c1C(=O)NC1CCN(C)C1. The van der Waals surface area contributed by atoms with Crippen LogP contribution in [-0.4, -0.2) is 37.0 Å². The lowest BCUT2D eigenvalue weighted by Crippen LogP contribution is -2.36. The Bertz CT molecular complexity index is 949. The van der Waals surface area contributed by atoms with Crippen LogP contribution in [0.1, 0.15) is 28.1 Å². The number of hydrogen-bond donors (Lipinski definition) is 1. The van der Waals surface area contributed by atoms with E-state index in [1.807, 2.05) is 55.5 Å². The van der Waals surface area contributed by atoms with Gasteiger partial charge in [-0.15, -0.1) is 0 Å². The third-order valence-corrected chi connectivity index (χ3v) is 5.04. The van der Waals surface area contributed by atoms with Crippen molar-refractivity contribution >= 4 is 16.9 Å². The number of carbonyl (C=O) groups excluding carboxylic acids is 1. The van der Waals surface area contributed by atoms with Gasteiger partial charge in [0.1, 0.15) is 23.7 Å². The summed E-state index contributed by atoms with van der Waals surface area (Å²) in [5, 5.41) is 3.93. The fraction of sp³-hybridized carbons (Fsp3) is 0.318. The fourth-order valence-corrected chi connectivity index (χ4v) is 3.62. The summed E-state index contributed by atoms with van der Waals surface area (Å²) < 4.78 is 11.7. The molecule has 1 N–H and O–H groups in total. The molecule has 3 aromatic rings. The predicted octanol–water partition coefficient (Wildman–Crippen LogP) is 3.75. The lowest BCUT2D eigenvalue weighted by molar-refractivity contribution is 0.0938. The van der Waals surface area contributed by atoms with Crippen molar-refractivity contribution in [1.82, 2.24) is 10.2 Å². The van der Waals surface area contributed by atoms with Gasteiger partial charge < -0.3 is 19.4 Å². The van der Waals surface area contributed by atoms with Crippen LogP contribution in [0.15, 0.2) is 52.9 Å². The van der Waals surface area contributed by atoms with Gasteiger partial charge in [0.05, 0.1) is 5.56 Å². The van der Waals surface area contributed by atoms with Crippen molar-refractivity contribution in [3.63, 3.8) is 0 Å². The summed E-state index contributed by atoms with van der Waals surface area (Å²) in [5.74, 6) is 1.28. The molecule has 0 saturated carbocycles. The number of benzene rings is 2. The van der Waals surface area contributed by atoms with Crippen LogP contribution in [0.5, 0.6) is 5.75 Å². The highest BCUT2D eigenvalue weighted by molar-refractivity contribution is 6.07. The number of carbonyl (C=O) groups is 1. The Hall–Kier alpha value is -2.79. The first kappa shape index (κ1) is 17.6. The average Bonchev–Trinajstić information content (AvgIpc) is 3.22. The van der Waals surface area contributed by atoms with E-state index < -0.39 is 0 Å². The molecule has 140 valence electrons. The molecule has 0 aliphatic carbocycles. The van der Waals surface area contributed by atoms with E-state index in [-0.39, 0.29) is 11.9 Å². The molecule has 1 aromatic heterocycles. The van der Waals surface area contributed by atoms with Gasteiger partial charge in [0.2, 0.25) is 0 Å². The van der Waals surface area contributed by atoms with Crippen molar-refractivity contribution in [2.45, 2.75) is 26.0 Å². The van der Waals surface area contributed by atoms with Crippen molar-refractivity contribution in [1.29, 1.82) is 0 Å². The summed E-state index contributed by atoms with van der Waals surface area (Å²) in [6.45, 7) is 4.21. The first-order valence-electron chi connectivity index (χ1n) is 9.29. The zero-order valence-electron chi connectivity index (χ0n) is 15.7. The quantitative estimate of drug-likeness (QED) is 0.749. The van der Waals surface area contributed by atoms with E-state index >= 15 is 0 Å². The van der Waals surface area contributed by atoms with Gasteiger partial charge >= 0.3 is 0 Å².